The van der Waals surface area contributed by atoms with Crippen LogP contribution in [0.2, 0.25) is 0 Å². The highest BCUT2D eigenvalue weighted by atomic mass is 16.5. The highest BCUT2D eigenvalue weighted by Crippen LogP contribution is 2.40. The number of hydrogen-bond donors (Lipinski definition) is 3. The highest BCUT2D eigenvalue weighted by molar-refractivity contribution is 6.00. The van der Waals surface area contributed by atoms with Crippen molar-refractivity contribution in [3.8, 4) is 0 Å². The fraction of sp³-hybridized carbons (Fsp3) is 0.486. The van der Waals surface area contributed by atoms with E-state index in [2.05, 4.69) is 15.3 Å². The second-order valence-electron chi connectivity index (χ2n) is 12.5. The Morgan fingerprint density at radius 3 is 1.40 bits per heavy atom. The fourth-order valence-electron chi connectivity index (χ4n) is 6.76. The van der Waals surface area contributed by atoms with E-state index in [4.69, 9.17) is 28.4 Å². The normalized spacial score (nSPS) is 14.8. The second kappa shape index (κ2) is 19.8. The number of nitrogens with one attached hydrogen (secondary N) is 3. The van der Waals surface area contributed by atoms with Gasteiger partial charge in [-0.2, -0.15) is 0 Å². The number of carbonyl (C=O) groups is 9. The molecule has 3 rings (SSSR count). The van der Waals surface area contributed by atoms with E-state index >= 15 is 0 Å². The van der Waals surface area contributed by atoms with E-state index in [1.807, 2.05) is 0 Å². The van der Waals surface area contributed by atoms with Gasteiger partial charge < -0.3 is 43.7 Å². The van der Waals surface area contributed by atoms with Crippen molar-refractivity contribution in [3.63, 3.8) is 0 Å². The van der Waals surface area contributed by atoms with Gasteiger partial charge in [-0.05, 0) is 47.1 Å². The van der Waals surface area contributed by atoms with Gasteiger partial charge in [0, 0.05) is 49.1 Å². The Morgan fingerprint density at radius 1 is 0.527 bits per heavy atom. The van der Waals surface area contributed by atoms with Crippen LogP contribution in [0.4, 0.5) is 0 Å². The molecule has 298 valence electrons. The average molecular weight is 772 g/mol. The molecule has 55 heavy (non-hydrogen) atoms. The van der Waals surface area contributed by atoms with Gasteiger partial charge in [-0.15, -0.1) is 0 Å². The number of aldehydes is 2. The molecule has 1 atom stereocenters. The quantitative estimate of drug-likeness (QED) is 0.0912. The number of hydrogen-bond acceptors (Lipinski definition) is 15. The topological polar surface area (TPSA) is 253 Å². The zero-order valence-corrected chi connectivity index (χ0v) is 31.6. The number of methoxy groups -OCH3 is 6. The molecule has 18 heteroatoms. The van der Waals surface area contributed by atoms with Gasteiger partial charge in [-0.1, -0.05) is 0 Å². The minimum atomic E-state index is -1.63. The van der Waals surface area contributed by atoms with Crippen LogP contribution in [0.15, 0.2) is 11.1 Å². The van der Waals surface area contributed by atoms with Crippen molar-refractivity contribution < 1.29 is 71.6 Å². The number of esters is 6. The van der Waals surface area contributed by atoms with Crippen molar-refractivity contribution in [2.75, 3.05) is 42.7 Å². The summed E-state index contributed by atoms with van der Waals surface area (Å²) in [5.74, 6) is -4.60. The first-order chi connectivity index (χ1) is 26.2. The predicted molar refractivity (Wildman–Crippen MR) is 188 cm³/mol. The zero-order valence-electron chi connectivity index (χ0n) is 31.6. The molecule has 0 fully saturated rings. The maximum atomic E-state index is 14.0. The molecule has 3 heterocycles. The summed E-state index contributed by atoms with van der Waals surface area (Å²) in [6.07, 6.45) is -1.45. The van der Waals surface area contributed by atoms with E-state index in [9.17, 15) is 43.2 Å². The monoisotopic (exact) mass is 771 g/mol. The van der Waals surface area contributed by atoms with Crippen LogP contribution in [0.3, 0.4) is 0 Å². The number of aromatic amines is 2. The molecule has 2 aromatic heterocycles. The van der Waals surface area contributed by atoms with Gasteiger partial charge in [0.2, 0.25) is 5.91 Å². The van der Waals surface area contributed by atoms with Crippen molar-refractivity contribution in [1.29, 1.82) is 0 Å². The summed E-state index contributed by atoms with van der Waals surface area (Å²) in [7, 11) is 7.07. The molecule has 0 radical (unpaired) electrons. The van der Waals surface area contributed by atoms with Gasteiger partial charge >= 0.3 is 35.8 Å². The van der Waals surface area contributed by atoms with Gasteiger partial charge in [0.1, 0.15) is 0 Å². The maximum absolute atomic E-state index is 14.0. The molecule has 0 bridgehead atoms. The summed E-state index contributed by atoms with van der Waals surface area (Å²) in [5.41, 5.74) is 0.355. The number of rotatable bonds is 21. The molecule has 0 spiro atoms. The molecule has 1 aliphatic heterocycles. The van der Waals surface area contributed by atoms with E-state index in [-0.39, 0.29) is 109 Å². The van der Waals surface area contributed by atoms with Crippen molar-refractivity contribution in [2.45, 2.75) is 76.2 Å². The van der Waals surface area contributed by atoms with Crippen LogP contribution in [0, 0.1) is 0 Å². The molecule has 2 aromatic rings. The third-order valence-electron chi connectivity index (χ3n) is 9.51. The first kappa shape index (κ1) is 43.3. The molecule has 1 unspecified atom stereocenters. The summed E-state index contributed by atoms with van der Waals surface area (Å²) in [4.78, 5) is 120. The van der Waals surface area contributed by atoms with Crippen LogP contribution in [-0.2, 0) is 101 Å². The molecule has 1 amide bonds. The summed E-state index contributed by atoms with van der Waals surface area (Å²) in [5, 5.41) is 2.98. The first-order valence-corrected chi connectivity index (χ1v) is 17.1. The lowest BCUT2D eigenvalue weighted by molar-refractivity contribution is -0.141. The van der Waals surface area contributed by atoms with Crippen LogP contribution in [0.25, 0.3) is 0 Å². The number of amides is 1. The van der Waals surface area contributed by atoms with Crippen LogP contribution in [0.1, 0.15) is 86.7 Å². The lowest BCUT2D eigenvalue weighted by atomic mass is 9.77. The van der Waals surface area contributed by atoms with Gasteiger partial charge in [-0.3, -0.25) is 43.2 Å². The third kappa shape index (κ3) is 10.5. The van der Waals surface area contributed by atoms with Crippen molar-refractivity contribution >= 4 is 54.3 Å². The maximum Gasteiger partial charge on any atom is 0.310 e. The lowest BCUT2D eigenvalue weighted by Gasteiger charge is -2.33. The Kier molecular flexibility index (Phi) is 15.6. The molecule has 0 saturated carbocycles. The summed E-state index contributed by atoms with van der Waals surface area (Å²) < 4.78 is 29.2. The number of H-pyrrole nitrogens is 2. The highest BCUT2D eigenvalue weighted by Gasteiger charge is 2.47. The number of ether oxygens (including phenoxy) is 6. The largest absolute Gasteiger partial charge is 0.469 e. The predicted octanol–water partition coefficient (Wildman–Crippen LogP) is 1.08. The van der Waals surface area contributed by atoms with Crippen molar-refractivity contribution in [1.82, 2.24) is 15.3 Å². The number of carbonyl (C=O) groups excluding carboxylic acids is 9. The van der Waals surface area contributed by atoms with E-state index in [0.29, 0.717) is 23.7 Å². The molecule has 0 aliphatic carbocycles. The molecular formula is C37H45N3O15. The second-order valence-corrected chi connectivity index (χ2v) is 12.5. The van der Waals surface area contributed by atoms with Crippen LogP contribution < -0.4 is 5.32 Å². The molecule has 3 N–H and O–H groups in total. The number of aromatic nitrogens is 2. The Bertz CT molecular complexity index is 1870. The van der Waals surface area contributed by atoms with E-state index in [1.54, 1.807) is 0 Å². The molecule has 0 saturated heterocycles. The minimum Gasteiger partial charge on any atom is -0.469 e. The standard InChI is InChI=1S/C37H45N3O15/c1-50-30(43)10-7-20-24(14-34(47)54-5)29(19-42)38-26(20)16-37(25(15-35(48)55-6)22(36(49)40-37)9-12-32(45)52-3)17-27-23(13-33(46)53-4)21(28(18-41)39-27)8-11-31(44)51-2/h18-19,38-39H,7-17H2,1-6H3,(H,40,49). The molecule has 1 aliphatic rings. The Balaban J connectivity index is 2.42. The van der Waals surface area contributed by atoms with Gasteiger partial charge in [-0.25, -0.2) is 0 Å². The minimum absolute atomic E-state index is 0.0104. The SMILES string of the molecule is COC(=O)CCC1=C(CC(=O)OC)C(Cc2[nH]c(C=O)c(CC(=O)OC)c2CCC(=O)OC)(Cc2[nH]c(C=O)c(CCC(=O)OC)c2CC(=O)OC)NC1=O. The summed E-state index contributed by atoms with van der Waals surface area (Å²) in [6, 6.07) is 0. The molecular weight excluding hydrogens is 726 g/mol. The van der Waals surface area contributed by atoms with Crippen LogP contribution >= 0.6 is 0 Å². The lowest BCUT2D eigenvalue weighted by Crippen LogP contribution is -2.49. The van der Waals surface area contributed by atoms with E-state index < -0.39 is 53.7 Å². The van der Waals surface area contributed by atoms with Crippen LogP contribution in [0.5, 0.6) is 0 Å². The fourth-order valence-corrected chi connectivity index (χ4v) is 6.76. The zero-order chi connectivity index (χ0) is 40.9. The summed E-state index contributed by atoms with van der Waals surface area (Å²) in [6.45, 7) is 0. The molecule has 18 nitrogen and oxygen atoms in total. The van der Waals surface area contributed by atoms with Crippen LogP contribution in [-0.4, -0.2) is 112 Å². The van der Waals surface area contributed by atoms with Gasteiger partial charge in [0.15, 0.2) is 12.6 Å². The summed E-state index contributed by atoms with van der Waals surface area (Å²) >= 11 is 0. The Labute approximate surface area is 315 Å². The van der Waals surface area contributed by atoms with Crippen molar-refractivity contribution in [3.05, 3.63) is 56.2 Å². The Hall–Kier alpha value is -6.07. The first-order valence-electron chi connectivity index (χ1n) is 17.1. The Morgan fingerprint density at radius 2 is 0.927 bits per heavy atom. The van der Waals surface area contributed by atoms with E-state index in [1.165, 1.54) is 35.5 Å². The third-order valence-corrected chi connectivity index (χ3v) is 9.51. The average Bonchev–Trinajstić information content (AvgIpc) is 3.77. The van der Waals surface area contributed by atoms with E-state index in [0.717, 1.165) is 7.11 Å². The molecule has 0 aromatic carbocycles. The van der Waals surface area contributed by atoms with Gasteiger partial charge in [0.05, 0.1) is 78.8 Å². The smallest absolute Gasteiger partial charge is 0.310 e. The van der Waals surface area contributed by atoms with Gasteiger partial charge in [0.25, 0.3) is 0 Å². The van der Waals surface area contributed by atoms with Crippen molar-refractivity contribution in [2.24, 2.45) is 0 Å².